The zero-order chi connectivity index (χ0) is 27.7. The normalized spacial score (nSPS) is 15.9. The lowest BCUT2D eigenvalue weighted by Crippen LogP contribution is -2.74. The zero-order valence-electron chi connectivity index (χ0n) is 17.4. The molecule has 0 nitrogen and oxygen atoms in total. The summed E-state index contributed by atoms with van der Waals surface area (Å²) in [7, 11) is 0. The van der Waals surface area contributed by atoms with Gasteiger partial charge in [0.15, 0.2) is 0 Å². The number of allylic oxidation sites excluding steroid dienone is 2. The molecule has 0 amide bonds. The Hall–Kier alpha value is -1.38. The first-order valence-electron chi connectivity index (χ1n) is 9.53. The summed E-state index contributed by atoms with van der Waals surface area (Å²) in [5.74, 6) is -60.5. The van der Waals surface area contributed by atoms with Crippen LogP contribution in [0.5, 0.6) is 0 Å². The van der Waals surface area contributed by atoms with Crippen LogP contribution < -0.4 is 0 Å². The first-order chi connectivity index (χ1) is 14.9. The van der Waals surface area contributed by atoms with Crippen LogP contribution in [0.1, 0.15) is 52.4 Å². The molecule has 0 aromatic rings. The van der Waals surface area contributed by atoms with Gasteiger partial charge in [-0.3, -0.25) is 0 Å². The average molecular weight is 540 g/mol. The lowest BCUT2D eigenvalue weighted by molar-refractivity contribution is -0.451. The first kappa shape index (κ1) is 32.6. The third-order valence-corrected chi connectivity index (χ3v) is 4.82. The van der Waals surface area contributed by atoms with Gasteiger partial charge >= 0.3 is 47.4 Å². The summed E-state index contributed by atoms with van der Waals surface area (Å²) in [6.45, 7) is 2.09. The van der Waals surface area contributed by atoms with Crippen molar-refractivity contribution in [1.29, 1.82) is 0 Å². The van der Waals surface area contributed by atoms with Gasteiger partial charge in [-0.2, -0.15) is 70.2 Å². The summed E-state index contributed by atoms with van der Waals surface area (Å²) in [4.78, 5) is 0. The Morgan fingerprint density at radius 3 is 1.21 bits per heavy atom. The fraction of sp³-hybridized carbons (Fsp3) is 0.889. The maximum Gasteiger partial charge on any atom is 0.385 e. The van der Waals surface area contributed by atoms with Gasteiger partial charge in [-0.25, -0.2) is 0 Å². The first-order valence-corrected chi connectivity index (χ1v) is 9.53. The molecule has 0 atom stereocenters. The number of hydrogen-bond donors (Lipinski definition) is 0. The highest BCUT2D eigenvalue weighted by Gasteiger charge is 2.94. The standard InChI is InChI=1S/C18H20F16/c1-3-5-6-7-8-10-12(21,22)14(25,26)16(29,30)18(33,34)17(31,32)15(27,28)13(23,24)11(19,20)9-4-2/h4,9H,3,5-8,10H2,1-2H3. The molecule has 0 aliphatic rings. The second-order valence-electron chi connectivity index (χ2n) is 7.44. The van der Waals surface area contributed by atoms with Crippen LogP contribution in [0.25, 0.3) is 0 Å². The van der Waals surface area contributed by atoms with Crippen LogP contribution in [0, 0.1) is 0 Å². The van der Waals surface area contributed by atoms with Crippen molar-refractivity contribution in [2.75, 3.05) is 0 Å². The number of hydrogen-bond acceptors (Lipinski definition) is 0. The summed E-state index contributed by atoms with van der Waals surface area (Å²) < 4.78 is 217. The molecule has 0 saturated carbocycles. The van der Waals surface area contributed by atoms with Crippen LogP contribution in [0.4, 0.5) is 70.2 Å². The van der Waals surface area contributed by atoms with E-state index in [0.29, 0.717) is 19.8 Å². The van der Waals surface area contributed by atoms with Crippen LogP contribution in [0.2, 0.25) is 0 Å². The van der Waals surface area contributed by atoms with Crippen molar-refractivity contribution in [2.24, 2.45) is 0 Å². The molecule has 16 heteroatoms. The molecule has 0 aliphatic heterocycles. The van der Waals surface area contributed by atoms with E-state index in [4.69, 9.17) is 0 Å². The second kappa shape index (κ2) is 9.94. The quantitative estimate of drug-likeness (QED) is 0.117. The van der Waals surface area contributed by atoms with E-state index in [1.165, 1.54) is 0 Å². The summed E-state index contributed by atoms with van der Waals surface area (Å²) in [6.07, 6.45) is -3.94. The molecule has 0 fully saturated rings. The van der Waals surface area contributed by atoms with Crippen molar-refractivity contribution in [2.45, 2.75) is 99.8 Å². The molecule has 0 saturated heterocycles. The van der Waals surface area contributed by atoms with Crippen LogP contribution in [0.3, 0.4) is 0 Å². The molecule has 0 N–H and O–H groups in total. The molecule has 204 valence electrons. The highest BCUT2D eigenvalue weighted by Crippen LogP contribution is 2.64. The highest BCUT2D eigenvalue weighted by molar-refractivity contribution is 5.18. The maximum absolute atomic E-state index is 13.7. The molecule has 0 radical (unpaired) electrons. The van der Waals surface area contributed by atoms with Gasteiger partial charge in [0.05, 0.1) is 0 Å². The molecule has 0 rings (SSSR count). The van der Waals surface area contributed by atoms with E-state index in [0.717, 1.165) is 0 Å². The molecular weight excluding hydrogens is 520 g/mol. The topological polar surface area (TPSA) is 0 Å². The molecule has 0 aromatic heterocycles. The predicted octanol–water partition coefficient (Wildman–Crippen LogP) is 9.01. The average Bonchev–Trinajstić information content (AvgIpc) is 2.66. The molecule has 0 heterocycles. The van der Waals surface area contributed by atoms with Crippen molar-refractivity contribution in [3.63, 3.8) is 0 Å². The van der Waals surface area contributed by atoms with Gasteiger partial charge in [0, 0.05) is 6.42 Å². The van der Waals surface area contributed by atoms with E-state index in [1.54, 1.807) is 6.92 Å². The van der Waals surface area contributed by atoms with E-state index < -0.39 is 66.3 Å². The number of unbranched alkanes of at least 4 members (excludes halogenated alkanes) is 4. The van der Waals surface area contributed by atoms with Gasteiger partial charge in [0.1, 0.15) is 0 Å². The van der Waals surface area contributed by atoms with Crippen molar-refractivity contribution >= 4 is 0 Å². The van der Waals surface area contributed by atoms with Crippen molar-refractivity contribution < 1.29 is 70.2 Å². The van der Waals surface area contributed by atoms with Crippen LogP contribution in [-0.4, -0.2) is 47.4 Å². The van der Waals surface area contributed by atoms with E-state index in [-0.39, 0.29) is 18.9 Å². The summed E-state index contributed by atoms with van der Waals surface area (Å²) in [6, 6.07) is 0. The van der Waals surface area contributed by atoms with E-state index in [2.05, 4.69) is 0 Å². The van der Waals surface area contributed by atoms with Gasteiger partial charge in [-0.05, 0) is 19.4 Å². The van der Waals surface area contributed by atoms with E-state index >= 15 is 0 Å². The summed E-state index contributed by atoms with van der Waals surface area (Å²) in [5.41, 5.74) is 0. The molecule has 0 aromatic carbocycles. The van der Waals surface area contributed by atoms with E-state index in [9.17, 15) is 70.2 Å². The molecular formula is C18H20F16. The Kier molecular flexibility index (Phi) is 9.53. The third kappa shape index (κ3) is 4.96. The van der Waals surface area contributed by atoms with Crippen LogP contribution in [-0.2, 0) is 0 Å². The lowest BCUT2D eigenvalue weighted by atomic mass is 9.86. The minimum Gasteiger partial charge on any atom is -0.200 e. The lowest BCUT2D eigenvalue weighted by Gasteiger charge is -2.43. The van der Waals surface area contributed by atoms with Crippen molar-refractivity contribution in [3.05, 3.63) is 12.2 Å². The Morgan fingerprint density at radius 1 is 0.471 bits per heavy atom. The van der Waals surface area contributed by atoms with Gasteiger partial charge < -0.3 is 0 Å². The van der Waals surface area contributed by atoms with Gasteiger partial charge in [0.25, 0.3) is 0 Å². The molecule has 34 heavy (non-hydrogen) atoms. The number of halogens is 16. The maximum atomic E-state index is 13.7. The van der Waals surface area contributed by atoms with Crippen LogP contribution >= 0.6 is 0 Å². The second-order valence-corrected chi connectivity index (χ2v) is 7.44. The fourth-order valence-electron chi connectivity index (χ4n) is 2.65. The third-order valence-electron chi connectivity index (χ3n) is 4.82. The van der Waals surface area contributed by atoms with Crippen molar-refractivity contribution in [1.82, 2.24) is 0 Å². The molecule has 0 spiro atoms. The summed E-state index contributed by atoms with van der Waals surface area (Å²) >= 11 is 0. The molecule has 0 bridgehead atoms. The smallest absolute Gasteiger partial charge is 0.200 e. The molecule has 0 aliphatic carbocycles. The van der Waals surface area contributed by atoms with E-state index in [1.807, 2.05) is 0 Å². The Bertz CT molecular complexity index is 692. The van der Waals surface area contributed by atoms with Gasteiger partial charge in [0.2, 0.25) is 0 Å². The fourth-order valence-corrected chi connectivity index (χ4v) is 2.65. The molecule has 0 unspecified atom stereocenters. The monoisotopic (exact) mass is 540 g/mol. The van der Waals surface area contributed by atoms with Gasteiger partial charge in [-0.15, -0.1) is 0 Å². The number of rotatable bonds is 14. The van der Waals surface area contributed by atoms with Crippen molar-refractivity contribution in [3.8, 4) is 0 Å². The minimum absolute atomic E-state index is 0.102. The van der Waals surface area contributed by atoms with Gasteiger partial charge in [-0.1, -0.05) is 38.7 Å². The minimum atomic E-state index is -8.36. The predicted molar refractivity (Wildman–Crippen MR) is 87.8 cm³/mol. The largest absolute Gasteiger partial charge is 0.385 e. The Labute approximate surface area is 183 Å². The highest BCUT2D eigenvalue weighted by atomic mass is 19.4. The number of alkyl halides is 16. The summed E-state index contributed by atoms with van der Waals surface area (Å²) in [5, 5.41) is 0. The zero-order valence-corrected chi connectivity index (χ0v) is 17.4. The van der Waals surface area contributed by atoms with Crippen LogP contribution in [0.15, 0.2) is 12.2 Å². The Balaban J connectivity index is 6.39. The SMILES string of the molecule is CC=CC(F)(F)C(F)(F)C(F)(F)C(F)(F)C(F)(F)C(F)(F)C(F)(F)C(F)(F)CCCCCCC. The Morgan fingerprint density at radius 2 is 0.824 bits per heavy atom.